The normalized spacial score (nSPS) is 16.2. The largest absolute Gasteiger partial charge is 0.397 e. The van der Waals surface area contributed by atoms with Crippen LogP contribution in [0.15, 0.2) is 18.5 Å². The molecule has 0 saturated carbocycles. The van der Waals surface area contributed by atoms with Crippen LogP contribution in [-0.4, -0.2) is 4.98 Å². The van der Waals surface area contributed by atoms with Crippen LogP contribution in [-0.2, 0) is 0 Å². The number of nitrogen functional groups attached to an aromatic ring is 1. The molecular weight excluding hydrogens is 100 g/mol. The van der Waals surface area contributed by atoms with Crippen LogP contribution in [0.4, 0.5) is 5.69 Å². The van der Waals surface area contributed by atoms with Gasteiger partial charge < -0.3 is 5.73 Å². The van der Waals surface area contributed by atoms with Crippen molar-refractivity contribution in [2.24, 2.45) is 0 Å². The highest BCUT2D eigenvalue weighted by molar-refractivity contribution is 5.36. The Bertz CT molecular complexity index is 256. The minimum atomic E-state index is -2.11. The molecule has 0 atom stereocenters. The number of hydrogen-bond donors (Lipinski definition) is 1. The molecule has 1 heterocycles. The zero-order chi connectivity index (χ0) is 8.48. The summed E-state index contributed by atoms with van der Waals surface area (Å²) in [4.78, 5) is 3.67. The van der Waals surface area contributed by atoms with E-state index in [2.05, 4.69) is 4.98 Å². The number of nitrogens with two attached hydrogens (primary N) is 1. The van der Waals surface area contributed by atoms with E-state index in [0.717, 1.165) is 0 Å². The van der Waals surface area contributed by atoms with E-state index in [-0.39, 0.29) is 5.56 Å². The summed E-state index contributed by atoms with van der Waals surface area (Å²) >= 11 is 0. The van der Waals surface area contributed by atoms with Crippen molar-refractivity contribution in [1.82, 2.24) is 4.98 Å². The van der Waals surface area contributed by atoms with Crippen molar-refractivity contribution >= 4 is 5.69 Å². The van der Waals surface area contributed by atoms with Crippen molar-refractivity contribution in [3.05, 3.63) is 24.0 Å². The number of anilines is 1. The van der Waals surface area contributed by atoms with Crippen LogP contribution in [0, 0.1) is 6.85 Å². The molecule has 0 aliphatic heterocycles. The van der Waals surface area contributed by atoms with Crippen molar-refractivity contribution in [2.75, 3.05) is 5.73 Å². The van der Waals surface area contributed by atoms with Gasteiger partial charge in [0.2, 0.25) is 0 Å². The number of nitrogens with zero attached hydrogens (tertiary/aromatic N) is 1. The van der Waals surface area contributed by atoms with Gasteiger partial charge in [-0.25, -0.2) is 0 Å². The summed E-state index contributed by atoms with van der Waals surface area (Å²) in [5, 5.41) is 0. The Labute approximate surface area is 52.6 Å². The Morgan fingerprint density at radius 1 is 1.75 bits per heavy atom. The summed E-state index contributed by atoms with van der Waals surface area (Å²) in [6.45, 7) is -2.11. The Balaban J connectivity index is 3.06. The highest BCUT2D eigenvalue weighted by Crippen LogP contribution is 1.99. The molecule has 0 spiro atoms. The molecule has 0 bridgehead atoms. The summed E-state index contributed by atoms with van der Waals surface area (Å²) in [5.41, 5.74) is 5.89. The van der Waals surface area contributed by atoms with E-state index in [1.807, 2.05) is 0 Å². The quantitative estimate of drug-likeness (QED) is 0.541. The first-order valence-corrected chi connectivity index (χ1v) is 2.21. The third-order valence-electron chi connectivity index (χ3n) is 0.759. The van der Waals surface area contributed by atoms with Crippen molar-refractivity contribution < 1.29 is 4.11 Å². The number of pyridine rings is 1. The molecule has 1 rings (SSSR count). The molecule has 42 valence electrons. The number of hydrogen-bond acceptors (Lipinski definition) is 2. The van der Waals surface area contributed by atoms with Crippen LogP contribution in [0.5, 0.6) is 0 Å². The average Bonchev–Trinajstić information content (AvgIpc) is 1.86. The third kappa shape index (κ3) is 0.964. The van der Waals surface area contributed by atoms with Crippen LogP contribution in [0.2, 0.25) is 0 Å². The molecule has 8 heavy (non-hydrogen) atoms. The van der Waals surface area contributed by atoms with E-state index in [0.29, 0.717) is 5.69 Å². The predicted octanol–water partition coefficient (Wildman–Crippen LogP) is 0.972. The topological polar surface area (TPSA) is 38.9 Å². The standard InChI is InChI=1S/C6H8N2/c1-5-2-6(7)4-8-3-5/h2-4H,7H2,1H3/i1D3. The molecule has 0 aliphatic carbocycles. The van der Waals surface area contributed by atoms with Crippen LogP contribution in [0.25, 0.3) is 0 Å². The smallest absolute Gasteiger partial charge is 0.0503 e. The van der Waals surface area contributed by atoms with Gasteiger partial charge in [0.15, 0.2) is 0 Å². The number of rotatable bonds is 0. The Morgan fingerprint density at radius 3 is 3.12 bits per heavy atom. The molecule has 2 N–H and O–H groups in total. The molecule has 0 aliphatic rings. The molecule has 0 aromatic carbocycles. The molecule has 0 fully saturated rings. The van der Waals surface area contributed by atoms with Crippen molar-refractivity contribution in [3.63, 3.8) is 0 Å². The Hall–Kier alpha value is -1.05. The molecule has 2 heteroatoms. The van der Waals surface area contributed by atoms with E-state index in [1.165, 1.54) is 18.5 Å². The summed E-state index contributed by atoms with van der Waals surface area (Å²) in [6, 6.07) is 1.40. The lowest BCUT2D eigenvalue weighted by Crippen LogP contribution is -1.85. The van der Waals surface area contributed by atoms with E-state index in [4.69, 9.17) is 9.85 Å². The van der Waals surface area contributed by atoms with Crippen LogP contribution in [0.3, 0.4) is 0 Å². The zero-order valence-corrected chi connectivity index (χ0v) is 4.26. The predicted molar refractivity (Wildman–Crippen MR) is 33.4 cm³/mol. The highest BCUT2D eigenvalue weighted by Gasteiger charge is 1.82. The Morgan fingerprint density at radius 2 is 2.62 bits per heavy atom. The summed E-state index contributed by atoms with van der Waals surface area (Å²) in [7, 11) is 0. The second kappa shape index (κ2) is 1.82. The second-order valence-electron chi connectivity index (χ2n) is 1.51. The first kappa shape index (κ1) is 2.49. The molecule has 2 nitrogen and oxygen atoms in total. The summed E-state index contributed by atoms with van der Waals surface area (Å²) in [5.74, 6) is 0. The maximum absolute atomic E-state index is 7.01. The summed E-state index contributed by atoms with van der Waals surface area (Å²) < 4.78 is 21.0. The maximum atomic E-state index is 7.01. The lowest BCUT2D eigenvalue weighted by Gasteiger charge is -1.90. The second-order valence-corrected chi connectivity index (χ2v) is 1.51. The average molecular weight is 111 g/mol. The minimum Gasteiger partial charge on any atom is -0.397 e. The third-order valence-corrected chi connectivity index (χ3v) is 0.759. The monoisotopic (exact) mass is 111 g/mol. The van der Waals surface area contributed by atoms with Gasteiger partial charge in [-0.05, 0) is 18.5 Å². The van der Waals surface area contributed by atoms with E-state index < -0.39 is 6.85 Å². The molecule has 0 unspecified atom stereocenters. The zero-order valence-electron chi connectivity index (χ0n) is 7.26. The molecule has 1 aromatic rings. The molecule has 1 aromatic heterocycles. The van der Waals surface area contributed by atoms with E-state index >= 15 is 0 Å². The van der Waals surface area contributed by atoms with Gasteiger partial charge in [-0.2, -0.15) is 0 Å². The van der Waals surface area contributed by atoms with E-state index in [1.54, 1.807) is 0 Å². The number of aryl methyl sites for hydroxylation is 1. The first-order valence-electron chi connectivity index (χ1n) is 3.71. The van der Waals surface area contributed by atoms with Gasteiger partial charge in [0.25, 0.3) is 0 Å². The van der Waals surface area contributed by atoms with Gasteiger partial charge in [-0.3, -0.25) is 4.98 Å². The van der Waals surface area contributed by atoms with Gasteiger partial charge in [-0.1, -0.05) is 0 Å². The molecular formula is C6H8N2. The Kier molecular flexibility index (Phi) is 0.565. The van der Waals surface area contributed by atoms with Crippen molar-refractivity contribution in [1.29, 1.82) is 0 Å². The molecule has 0 saturated heterocycles. The first-order chi connectivity index (χ1) is 5.00. The van der Waals surface area contributed by atoms with Crippen LogP contribution < -0.4 is 5.73 Å². The lowest BCUT2D eigenvalue weighted by molar-refractivity contribution is 1.27. The van der Waals surface area contributed by atoms with Crippen molar-refractivity contribution in [2.45, 2.75) is 6.85 Å². The fraction of sp³-hybridized carbons (Fsp3) is 0.167. The SMILES string of the molecule is [2H]C([2H])([2H])c1cncc(N)c1. The van der Waals surface area contributed by atoms with Crippen LogP contribution in [0.1, 0.15) is 9.68 Å². The van der Waals surface area contributed by atoms with Crippen LogP contribution >= 0.6 is 0 Å². The fourth-order valence-corrected chi connectivity index (χ4v) is 0.458. The highest BCUT2D eigenvalue weighted by atomic mass is 14.7. The van der Waals surface area contributed by atoms with Gasteiger partial charge in [0.1, 0.15) is 0 Å². The number of aromatic nitrogens is 1. The molecule has 0 amide bonds. The summed E-state index contributed by atoms with van der Waals surface area (Å²) in [6.07, 6.45) is 2.71. The fourth-order valence-electron chi connectivity index (χ4n) is 0.458. The van der Waals surface area contributed by atoms with Gasteiger partial charge in [0, 0.05) is 16.5 Å². The van der Waals surface area contributed by atoms with Gasteiger partial charge >= 0.3 is 0 Å². The lowest BCUT2D eigenvalue weighted by atomic mass is 10.3. The van der Waals surface area contributed by atoms with Crippen molar-refractivity contribution in [3.8, 4) is 0 Å². The van der Waals surface area contributed by atoms with E-state index in [9.17, 15) is 0 Å². The van der Waals surface area contributed by atoms with Gasteiger partial charge in [0.05, 0.1) is 5.69 Å². The minimum absolute atomic E-state index is 0.178. The van der Waals surface area contributed by atoms with Gasteiger partial charge in [-0.15, -0.1) is 0 Å². The molecule has 0 radical (unpaired) electrons. The maximum Gasteiger partial charge on any atom is 0.0503 e.